The Morgan fingerprint density at radius 2 is 2.05 bits per heavy atom. The van der Waals surface area contributed by atoms with Gasteiger partial charge in [-0.25, -0.2) is 4.68 Å². The Labute approximate surface area is 117 Å². The molecule has 1 heterocycles. The molecule has 2 rings (SSSR count). The molecule has 0 aliphatic carbocycles. The smallest absolute Gasteiger partial charge is 0.418 e. The van der Waals surface area contributed by atoms with Gasteiger partial charge in [0, 0.05) is 0 Å². The molecule has 112 valence electrons. The van der Waals surface area contributed by atoms with Gasteiger partial charge < -0.3 is 9.84 Å². The summed E-state index contributed by atoms with van der Waals surface area (Å²) in [6.07, 6.45) is -2.20. The van der Waals surface area contributed by atoms with Crippen molar-refractivity contribution in [2.24, 2.45) is 0 Å². The predicted octanol–water partition coefficient (Wildman–Crippen LogP) is 2.74. The molecular formula is C13H11F3N2O3. The summed E-state index contributed by atoms with van der Waals surface area (Å²) >= 11 is 0. The number of aliphatic carboxylic acids is 1. The highest BCUT2D eigenvalue weighted by molar-refractivity contribution is 5.66. The quantitative estimate of drug-likeness (QED) is 0.922. The maximum Gasteiger partial charge on any atom is 0.418 e. The first-order valence-electron chi connectivity index (χ1n) is 5.94. The van der Waals surface area contributed by atoms with Gasteiger partial charge >= 0.3 is 12.1 Å². The first-order chi connectivity index (χ1) is 9.88. The number of halogens is 3. The molecule has 21 heavy (non-hydrogen) atoms. The first-order valence-corrected chi connectivity index (χ1v) is 5.94. The zero-order valence-electron chi connectivity index (χ0n) is 10.7. The maximum absolute atomic E-state index is 12.9. The number of hydrogen-bond acceptors (Lipinski definition) is 3. The Morgan fingerprint density at radius 3 is 2.71 bits per heavy atom. The van der Waals surface area contributed by atoms with Crippen LogP contribution in [0.5, 0.6) is 5.75 Å². The molecule has 0 saturated carbocycles. The summed E-state index contributed by atoms with van der Waals surface area (Å²) in [6.45, 7) is -0.0814. The van der Waals surface area contributed by atoms with E-state index >= 15 is 0 Å². The van der Waals surface area contributed by atoms with Crippen molar-refractivity contribution in [3.63, 3.8) is 0 Å². The van der Waals surface area contributed by atoms with Gasteiger partial charge in [0.1, 0.15) is 0 Å². The molecule has 0 amide bonds. The van der Waals surface area contributed by atoms with Crippen LogP contribution in [-0.2, 0) is 11.0 Å². The summed E-state index contributed by atoms with van der Waals surface area (Å²) < 4.78 is 44.8. The summed E-state index contributed by atoms with van der Waals surface area (Å²) in [5, 5.41) is 12.3. The molecule has 0 aliphatic heterocycles. The normalized spacial score (nSPS) is 11.4. The number of carbonyl (C=O) groups is 1. The molecule has 0 radical (unpaired) electrons. The third-order valence-corrected chi connectivity index (χ3v) is 2.60. The number of nitrogens with zero attached hydrogens (tertiary/aromatic N) is 2. The van der Waals surface area contributed by atoms with Crippen molar-refractivity contribution in [3.05, 3.63) is 42.2 Å². The fourth-order valence-electron chi connectivity index (χ4n) is 1.68. The Balaban J connectivity index is 2.20. The molecule has 0 bridgehead atoms. The van der Waals surface area contributed by atoms with Gasteiger partial charge in [0.2, 0.25) is 0 Å². The van der Waals surface area contributed by atoms with Crippen molar-refractivity contribution in [1.82, 2.24) is 9.78 Å². The van der Waals surface area contributed by atoms with Gasteiger partial charge in [0.05, 0.1) is 36.7 Å². The van der Waals surface area contributed by atoms with Crippen LogP contribution in [0.3, 0.4) is 0 Å². The molecule has 0 spiro atoms. The molecule has 1 aromatic heterocycles. The molecule has 2 aromatic rings. The number of benzene rings is 1. The summed E-state index contributed by atoms with van der Waals surface area (Å²) in [4.78, 5) is 10.3. The van der Waals surface area contributed by atoms with E-state index in [1.54, 1.807) is 0 Å². The van der Waals surface area contributed by atoms with Crippen LogP contribution in [0.4, 0.5) is 13.2 Å². The number of ether oxygens (including phenoxy) is 1. The van der Waals surface area contributed by atoms with Gasteiger partial charge in [-0.15, -0.1) is 0 Å². The second kappa shape index (κ2) is 5.86. The van der Waals surface area contributed by atoms with Gasteiger partial charge in [-0.1, -0.05) is 12.1 Å². The molecule has 0 saturated heterocycles. The van der Waals surface area contributed by atoms with E-state index in [2.05, 4.69) is 5.10 Å². The van der Waals surface area contributed by atoms with Crippen molar-refractivity contribution < 1.29 is 27.8 Å². The summed E-state index contributed by atoms with van der Waals surface area (Å²) in [6, 6.07) is 5.01. The van der Waals surface area contributed by atoms with E-state index in [9.17, 15) is 18.0 Å². The molecule has 1 aromatic carbocycles. The first kappa shape index (κ1) is 14.9. The largest absolute Gasteiger partial charge is 0.490 e. The van der Waals surface area contributed by atoms with Crippen LogP contribution in [0.15, 0.2) is 36.7 Å². The molecule has 8 heteroatoms. The van der Waals surface area contributed by atoms with Crippen LogP contribution in [0.2, 0.25) is 0 Å². The second-order valence-electron chi connectivity index (χ2n) is 4.13. The standard InChI is InChI=1S/C13H11F3N2O3/c14-13(15,16)10-3-1-2-4-11(10)18-8-9(7-17-18)21-6-5-12(19)20/h1-4,7-8H,5-6H2,(H,19,20). The van der Waals surface area contributed by atoms with E-state index in [4.69, 9.17) is 9.84 Å². The molecule has 0 fully saturated rings. The summed E-state index contributed by atoms with van der Waals surface area (Å²) in [7, 11) is 0. The summed E-state index contributed by atoms with van der Waals surface area (Å²) in [5.41, 5.74) is -0.941. The lowest BCUT2D eigenvalue weighted by molar-refractivity contribution is -0.138. The lowest BCUT2D eigenvalue weighted by Crippen LogP contribution is -2.10. The Bertz CT molecular complexity index is 638. The van der Waals surface area contributed by atoms with Gasteiger partial charge in [-0.3, -0.25) is 4.79 Å². The van der Waals surface area contributed by atoms with Crippen molar-refractivity contribution >= 4 is 5.97 Å². The SMILES string of the molecule is O=C(O)CCOc1cnn(-c2ccccc2C(F)(F)F)c1. The van der Waals surface area contributed by atoms with Gasteiger partial charge in [-0.2, -0.15) is 18.3 Å². The Morgan fingerprint density at radius 1 is 1.33 bits per heavy atom. The number of aromatic nitrogens is 2. The Hall–Kier alpha value is -2.51. The van der Waals surface area contributed by atoms with E-state index in [0.717, 1.165) is 10.7 Å². The number of hydrogen-bond donors (Lipinski definition) is 1. The van der Waals surface area contributed by atoms with Crippen molar-refractivity contribution in [3.8, 4) is 11.4 Å². The van der Waals surface area contributed by atoms with Crippen LogP contribution < -0.4 is 4.74 Å². The highest BCUT2D eigenvalue weighted by atomic mass is 19.4. The third-order valence-electron chi connectivity index (χ3n) is 2.60. The minimum atomic E-state index is -4.49. The molecule has 0 aliphatic rings. The van der Waals surface area contributed by atoms with E-state index in [0.29, 0.717) is 0 Å². The van der Waals surface area contributed by atoms with Gasteiger partial charge in [0.25, 0.3) is 0 Å². The van der Waals surface area contributed by atoms with E-state index < -0.39 is 17.7 Å². The predicted molar refractivity (Wildman–Crippen MR) is 66.3 cm³/mol. The fraction of sp³-hybridized carbons (Fsp3) is 0.231. The summed E-state index contributed by atoms with van der Waals surface area (Å²) in [5.74, 6) is -0.821. The van der Waals surface area contributed by atoms with E-state index in [-0.39, 0.29) is 24.5 Å². The maximum atomic E-state index is 12.9. The Kier molecular flexibility index (Phi) is 4.15. The van der Waals surface area contributed by atoms with Crippen LogP contribution in [0, 0.1) is 0 Å². The number of alkyl halides is 3. The number of carboxylic acid groups (broad SMARTS) is 1. The molecule has 5 nitrogen and oxygen atoms in total. The average Bonchev–Trinajstić information content (AvgIpc) is 2.86. The minimum Gasteiger partial charge on any atom is -0.490 e. The lowest BCUT2D eigenvalue weighted by Gasteiger charge is -2.12. The highest BCUT2D eigenvalue weighted by Gasteiger charge is 2.33. The highest BCUT2D eigenvalue weighted by Crippen LogP contribution is 2.33. The van der Waals surface area contributed by atoms with Crippen molar-refractivity contribution in [2.75, 3.05) is 6.61 Å². The number of para-hydroxylation sites is 1. The average molecular weight is 300 g/mol. The minimum absolute atomic E-state index is 0.0814. The van der Waals surface area contributed by atoms with E-state index in [1.165, 1.54) is 30.6 Å². The number of carboxylic acids is 1. The lowest BCUT2D eigenvalue weighted by atomic mass is 10.2. The van der Waals surface area contributed by atoms with Crippen LogP contribution >= 0.6 is 0 Å². The molecule has 0 atom stereocenters. The fourth-order valence-corrected chi connectivity index (χ4v) is 1.68. The van der Waals surface area contributed by atoms with Crippen LogP contribution in [0.25, 0.3) is 5.69 Å². The van der Waals surface area contributed by atoms with Crippen LogP contribution in [-0.4, -0.2) is 27.5 Å². The number of rotatable bonds is 5. The molecular weight excluding hydrogens is 289 g/mol. The van der Waals surface area contributed by atoms with Gasteiger partial charge in [-0.05, 0) is 12.1 Å². The zero-order chi connectivity index (χ0) is 15.5. The zero-order valence-corrected chi connectivity index (χ0v) is 10.7. The third kappa shape index (κ3) is 3.74. The second-order valence-corrected chi connectivity index (χ2v) is 4.13. The van der Waals surface area contributed by atoms with Crippen LogP contribution in [0.1, 0.15) is 12.0 Å². The van der Waals surface area contributed by atoms with Crippen molar-refractivity contribution in [2.45, 2.75) is 12.6 Å². The molecule has 0 unspecified atom stereocenters. The van der Waals surface area contributed by atoms with E-state index in [1.807, 2.05) is 0 Å². The monoisotopic (exact) mass is 300 g/mol. The van der Waals surface area contributed by atoms with Crippen molar-refractivity contribution in [1.29, 1.82) is 0 Å². The van der Waals surface area contributed by atoms with Gasteiger partial charge in [0.15, 0.2) is 5.75 Å². The topological polar surface area (TPSA) is 64.3 Å². The molecule has 1 N–H and O–H groups in total.